The van der Waals surface area contributed by atoms with Gasteiger partial charge in [0.2, 0.25) is 0 Å². The summed E-state index contributed by atoms with van der Waals surface area (Å²) in [5.41, 5.74) is 1.68. The fourth-order valence-corrected chi connectivity index (χ4v) is 2.42. The lowest BCUT2D eigenvalue weighted by atomic mass is 10.4. The van der Waals surface area contributed by atoms with E-state index in [1.165, 1.54) is 0 Å². The van der Waals surface area contributed by atoms with Gasteiger partial charge in [-0.1, -0.05) is 0 Å². The first kappa shape index (κ1) is 10.8. The van der Waals surface area contributed by atoms with Gasteiger partial charge in [0.05, 0.1) is 6.33 Å². The van der Waals surface area contributed by atoms with Crippen LogP contribution in [0.5, 0.6) is 0 Å². The van der Waals surface area contributed by atoms with Gasteiger partial charge in [0.25, 0.3) is 0 Å². The van der Waals surface area contributed by atoms with Crippen molar-refractivity contribution in [3.8, 4) is 0 Å². The smallest absolute Gasteiger partial charge is 0.181 e. The Morgan fingerprint density at radius 1 is 1.27 bits per heavy atom. The van der Waals surface area contributed by atoms with Crippen molar-refractivity contribution < 1.29 is 0 Å². The number of rotatable bonds is 5. The average molecular weight is 240 g/mol. The van der Waals surface area contributed by atoms with E-state index in [1.807, 2.05) is 0 Å². The first-order valence-electron chi connectivity index (χ1n) is 4.79. The fourth-order valence-electron chi connectivity index (χ4n) is 1.24. The van der Waals surface area contributed by atoms with Crippen LogP contribution in [-0.2, 0) is 0 Å². The third kappa shape index (κ3) is 2.63. The van der Waals surface area contributed by atoms with Gasteiger partial charge in [-0.25, -0.2) is 15.0 Å². The highest BCUT2D eigenvalue weighted by molar-refractivity contribution is 7.99. The lowest BCUT2D eigenvalue weighted by Gasteiger charge is -2.00. The largest absolute Gasteiger partial charge is 0.341 e. The molecule has 0 saturated heterocycles. The molecule has 0 aliphatic rings. The summed E-state index contributed by atoms with van der Waals surface area (Å²) in [6.45, 7) is 0. The van der Waals surface area contributed by atoms with Gasteiger partial charge in [-0.2, -0.15) is 12.6 Å². The molecule has 15 heavy (non-hydrogen) atoms. The zero-order chi connectivity index (χ0) is 10.5. The number of aromatic amines is 1. The van der Waals surface area contributed by atoms with Crippen molar-refractivity contribution in [2.75, 3.05) is 11.5 Å². The fraction of sp³-hybridized carbons (Fsp3) is 0.444. The second-order valence-corrected chi connectivity index (χ2v) is 4.59. The molecule has 0 aromatic carbocycles. The number of thioether (sulfide) groups is 1. The zero-order valence-corrected chi connectivity index (χ0v) is 9.89. The van der Waals surface area contributed by atoms with E-state index in [1.54, 1.807) is 24.4 Å². The van der Waals surface area contributed by atoms with Crippen LogP contribution in [-0.4, -0.2) is 31.4 Å². The van der Waals surface area contributed by atoms with Gasteiger partial charge in [0, 0.05) is 0 Å². The van der Waals surface area contributed by atoms with Crippen molar-refractivity contribution in [1.82, 2.24) is 19.9 Å². The summed E-state index contributed by atoms with van der Waals surface area (Å²) in [4.78, 5) is 15.5. The molecule has 80 valence electrons. The summed E-state index contributed by atoms with van der Waals surface area (Å²) in [5.74, 6) is 2.01. The lowest BCUT2D eigenvalue weighted by molar-refractivity contribution is 0.908. The zero-order valence-electron chi connectivity index (χ0n) is 8.18. The molecule has 0 spiro atoms. The molecule has 0 radical (unpaired) electrons. The summed E-state index contributed by atoms with van der Waals surface area (Å²) < 4.78 is 0. The number of hydrogen-bond donors (Lipinski definition) is 2. The third-order valence-corrected chi connectivity index (χ3v) is 3.37. The van der Waals surface area contributed by atoms with E-state index >= 15 is 0 Å². The molecule has 0 fully saturated rings. The minimum atomic E-state index is 0.738. The van der Waals surface area contributed by atoms with E-state index in [0.717, 1.165) is 40.5 Å². The van der Waals surface area contributed by atoms with Gasteiger partial charge in [-0.15, -0.1) is 11.8 Å². The van der Waals surface area contributed by atoms with Crippen LogP contribution in [0.4, 0.5) is 0 Å². The molecule has 0 amide bonds. The van der Waals surface area contributed by atoms with Gasteiger partial charge in [-0.3, -0.25) is 0 Å². The maximum absolute atomic E-state index is 4.24. The van der Waals surface area contributed by atoms with E-state index in [9.17, 15) is 0 Å². The normalized spacial score (nSPS) is 11.0. The molecule has 2 heterocycles. The molecular weight excluding hydrogens is 228 g/mol. The number of imidazole rings is 1. The van der Waals surface area contributed by atoms with Crippen molar-refractivity contribution >= 4 is 35.6 Å². The van der Waals surface area contributed by atoms with Gasteiger partial charge in [0.1, 0.15) is 16.9 Å². The molecule has 4 nitrogen and oxygen atoms in total. The van der Waals surface area contributed by atoms with Crippen molar-refractivity contribution in [3.63, 3.8) is 0 Å². The minimum Gasteiger partial charge on any atom is -0.341 e. The standard InChI is InChI=1S/C9H12N4S2/c14-3-1-2-4-15-9-7-8(11-5-10-7)12-6-13-9/h5-6,14H,1-4H2,(H,10,11,12,13). The Morgan fingerprint density at radius 2 is 2.20 bits per heavy atom. The van der Waals surface area contributed by atoms with Crippen molar-refractivity contribution in [3.05, 3.63) is 12.7 Å². The van der Waals surface area contributed by atoms with E-state index in [2.05, 4.69) is 32.6 Å². The molecule has 0 unspecified atom stereocenters. The maximum Gasteiger partial charge on any atom is 0.181 e. The molecule has 0 saturated carbocycles. The van der Waals surface area contributed by atoms with Crippen molar-refractivity contribution in [1.29, 1.82) is 0 Å². The van der Waals surface area contributed by atoms with Gasteiger partial charge < -0.3 is 4.98 Å². The predicted octanol–water partition coefficient (Wildman–Crippen LogP) is 2.15. The first-order valence-corrected chi connectivity index (χ1v) is 6.41. The van der Waals surface area contributed by atoms with Crippen LogP contribution in [0.15, 0.2) is 17.7 Å². The number of aromatic nitrogens is 4. The van der Waals surface area contributed by atoms with Gasteiger partial charge in [-0.05, 0) is 24.3 Å². The summed E-state index contributed by atoms with van der Waals surface area (Å²) in [6.07, 6.45) is 5.52. The van der Waals surface area contributed by atoms with Crippen LogP contribution >= 0.6 is 24.4 Å². The number of nitrogens with one attached hydrogen (secondary N) is 1. The van der Waals surface area contributed by atoms with Crippen LogP contribution < -0.4 is 0 Å². The molecule has 0 aliphatic heterocycles. The van der Waals surface area contributed by atoms with Crippen LogP contribution in [0.3, 0.4) is 0 Å². The average Bonchev–Trinajstić information content (AvgIpc) is 2.73. The third-order valence-electron chi connectivity index (χ3n) is 1.98. The Balaban J connectivity index is 2.04. The molecule has 2 rings (SSSR count). The van der Waals surface area contributed by atoms with Crippen molar-refractivity contribution in [2.24, 2.45) is 0 Å². The topological polar surface area (TPSA) is 54.5 Å². The molecule has 2 aromatic heterocycles. The molecular formula is C9H12N4S2. The second-order valence-electron chi connectivity index (χ2n) is 3.06. The van der Waals surface area contributed by atoms with Crippen molar-refractivity contribution in [2.45, 2.75) is 17.9 Å². The Labute approximate surface area is 97.7 Å². The molecule has 0 aliphatic carbocycles. The van der Waals surface area contributed by atoms with Crippen LogP contribution in [0, 0.1) is 0 Å². The maximum atomic E-state index is 4.24. The number of H-pyrrole nitrogens is 1. The highest BCUT2D eigenvalue weighted by Crippen LogP contribution is 2.22. The Bertz CT molecular complexity index is 429. The summed E-state index contributed by atoms with van der Waals surface area (Å²) in [6, 6.07) is 0. The molecule has 0 atom stereocenters. The first-order chi connectivity index (χ1) is 7.42. The number of fused-ring (bicyclic) bond motifs is 1. The van der Waals surface area contributed by atoms with E-state index in [4.69, 9.17) is 0 Å². The lowest BCUT2D eigenvalue weighted by Crippen LogP contribution is -1.88. The number of thiol groups is 1. The second kappa shape index (κ2) is 5.37. The minimum absolute atomic E-state index is 0.738. The Hall–Kier alpha value is -0.750. The Morgan fingerprint density at radius 3 is 3.07 bits per heavy atom. The van der Waals surface area contributed by atoms with E-state index in [-0.39, 0.29) is 0 Å². The van der Waals surface area contributed by atoms with E-state index in [0.29, 0.717) is 0 Å². The predicted molar refractivity (Wildman–Crippen MR) is 65.5 cm³/mol. The summed E-state index contributed by atoms with van der Waals surface area (Å²) in [7, 11) is 0. The number of unbranched alkanes of at least 4 members (excludes halogenated alkanes) is 1. The van der Waals surface area contributed by atoms with Crippen LogP contribution in [0.1, 0.15) is 12.8 Å². The Kier molecular flexibility index (Phi) is 3.85. The van der Waals surface area contributed by atoms with Gasteiger partial charge in [0.15, 0.2) is 5.65 Å². The molecule has 0 bridgehead atoms. The van der Waals surface area contributed by atoms with E-state index < -0.39 is 0 Å². The van der Waals surface area contributed by atoms with Gasteiger partial charge >= 0.3 is 0 Å². The highest BCUT2D eigenvalue weighted by atomic mass is 32.2. The highest BCUT2D eigenvalue weighted by Gasteiger charge is 2.05. The van der Waals surface area contributed by atoms with Crippen LogP contribution in [0.25, 0.3) is 11.2 Å². The van der Waals surface area contributed by atoms with Crippen LogP contribution in [0.2, 0.25) is 0 Å². The number of nitrogens with zero attached hydrogens (tertiary/aromatic N) is 3. The quantitative estimate of drug-likeness (QED) is 0.364. The SMILES string of the molecule is SCCCCSc1ncnc2nc[nH]c12. The number of hydrogen-bond acceptors (Lipinski definition) is 5. The monoisotopic (exact) mass is 240 g/mol. The molecule has 1 N–H and O–H groups in total. The molecule has 6 heteroatoms. The summed E-state index contributed by atoms with van der Waals surface area (Å²) in [5, 5.41) is 0.983. The molecule has 2 aromatic rings. The summed E-state index contributed by atoms with van der Waals surface area (Å²) >= 11 is 5.92.